The van der Waals surface area contributed by atoms with E-state index in [4.69, 9.17) is 0 Å². The minimum atomic E-state index is 0.514. The molecule has 1 aliphatic heterocycles. The van der Waals surface area contributed by atoms with E-state index in [0.29, 0.717) is 5.92 Å². The molecule has 2 aromatic carbocycles. The van der Waals surface area contributed by atoms with Gasteiger partial charge in [-0.25, -0.2) is 0 Å². The average Bonchev–Trinajstić information content (AvgIpc) is 2.64. The molecule has 0 unspecified atom stereocenters. The maximum Gasteiger partial charge on any atom is 0.0234 e. The standard InChI is InChI=1S/C17H19N.C4H6.C2H4/c1-13-8-9-15-11-18(2)12-17(16(15)10-13)14-6-4-3-5-7-14;1-3-4-2;1-2/h3-10,17H,11-12H2,1-2H3;3-4H,1-2H2;1-2H2/t17-;;/m0../s1. The van der Waals surface area contributed by atoms with Gasteiger partial charge in [-0.2, -0.15) is 0 Å². The van der Waals surface area contributed by atoms with Crippen LogP contribution in [0.25, 0.3) is 0 Å². The zero-order chi connectivity index (χ0) is 17.9. The van der Waals surface area contributed by atoms with Crippen LogP contribution in [0.2, 0.25) is 0 Å². The predicted molar refractivity (Wildman–Crippen MR) is 107 cm³/mol. The molecule has 1 aliphatic rings. The van der Waals surface area contributed by atoms with Crippen molar-refractivity contribution in [2.75, 3.05) is 13.6 Å². The van der Waals surface area contributed by atoms with E-state index in [9.17, 15) is 0 Å². The van der Waals surface area contributed by atoms with Crippen LogP contribution in [0.4, 0.5) is 0 Å². The first-order valence-electron chi connectivity index (χ1n) is 8.22. The minimum Gasteiger partial charge on any atom is -0.301 e. The molecule has 0 radical (unpaired) electrons. The highest BCUT2D eigenvalue weighted by Gasteiger charge is 2.24. The zero-order valence-electron chi connectivity index (χ0n) is 15.0. The fourth-order valence-electron chi connectivity index (χ4n) is 2.92. The average molecular weight is 319 g/mol. The van der Waals surface area contributed by atoms with Gasteiger partial charge in [0.15, 0.2) is 0 Å². The first-order valence-corrected chi connectivity index (χ1v) is 8.22. The largest absolute Gasteiger partial charge is 0.301 e. The van der Waals surface area contributed by atoms with Crippen LogP contribution >= 0.6 is 0 Å². The van der Waals surface area contributed by atoms with E-state index in [1.54, 1.807) is 12.2 Å². The lowest BCUT2D eigenvalue weighted by Crippen LogP contribution is -2.31. The van der Waals surface area contributed by atoms with Crippen molar-refractivity contribution >= 4 is 0 Å². The predicted octanol–water partition coefficient (Wildman–Crippen LogP) is 5.73. The third-order valence-corrected chi connectivity index (χ3v) is 3.98. The number of allylic oxidation sites excluding steroid dienone is 2. The summed E-state index contributed by atoms with van der Waals surface area (Å²) in [4.78, 5) is 2.41. The molecule has 0 saturated heterocycles. The van der Waals surface area contributed by atoms with Crippen molar-refractivity contribution in [3.8, 4) is 0 Å². The molecule has 3 rings (SSSR count). The third-order valence-electron chi connectivity index (χ3n) is 3.98. The Balaban J connectivity index is 0.000000423. The van der Waals surface area contributed by atoms with E-state index in [2.05, 4.69) is 93.7 Å². The Bertz CT molecular complexity index is 636. The van der Waals surface area contributed by atoms with Gasteiger partial charge in [0.25, 0.3) is 0 Å². The Kier molecular flexibility index (Phi) is 8.53. The monoisotopic (exact) mass is 319 g/mol. The quantitative estimate of drug-likeness (QED) is 0.504. The van der Waals surface area contributed by atoms with Crippen LogP contribution in [-0.4, -0.2) is 18.5 Å². The molecule has 126 valence electrons. The van der Waals surface area contributed by atoms with Crippen LogP contribution in [-0.2, 0) is 6.54 Å². The summed E-state index contributed by atoms with van der Waals surface area (Å²) in [5.41, 5.74) is 5.78. The van der Waals surface area contributed by atoms with Gasteiger partial charge in [-0.1, -0.05) is 79.4 Å². The summed E-state index contributed by atoms with van der Waals surface area (Å²) in [7, 11) is 2.21. The summed E-state index contributed by atoms with van der Waals surface area (Å²) in [5.74, 6) is 0.514. The topological polar surface area (TPSA) is 3.24 Å². The van der Waals surface area contributed by atoms with Gasteiger partial charge in [0.1, 0.15) is 0 Å². The third kappa shape index (κ3) is 5.36. The van der Waals surface area contributed by atoms with Crippen LogP contribution in [0.3, 0.4) is 0 Å². The fraction of sp³-hybridized carbons (Fsp3) is 0.217. The summed E-state index contributed by atoms with van der Waals surface area (Å²) in [6.07, 6.45) is 3.28. The van der Waals surface area contributed by atoms with Crippen molar-refractivity contribution in [2.45, 2.75) is 19.4 Å². The van der Waals surface area contributed by atoms with E-state index >= 15 is 0 Å². The molecule has 1 nitrogen and oxygen atoms in total. The van der Waals surface area contributed by atoms with Crippen LogP contribution in [0.1, 0.15) is 28.2 Å². The first kappa shape index (κ1) is 19.7. The first-order chi connectivity index (χ1) is 11.7. The van der Waals surface area contributed by atoms with E-state index in [-0.39, 0.29) is 0 Å². The molecule has 1 atom stereocenters. The van der Waals surface area contributed by atoms with Crippen LogP contribution < -0.4 is 0 Å². The second-order valence-corrected chi connectivity index (χ2v) is 5.83. The molecule has 24 heavy (non-hydrogen) atoms. The SMILES string of the molecule is C=C.C=CC=C.Cc1ccc2c(c1)[C@H](c1ccccc1)CN(C)C2. The van der Waals surface area contributed by atoms with Gasteiger partial charge in [0, 0.05) is 19.0 Å². The molecular weight excluding hydrogens is 290 g/mol. The van der Waals surface area contributed by atoms with Gasteiger partial charge in [-0.15, -0.1) is 13.2 Å². The van der Waals surface area contributed by atoms with E-state index in [1.807, 2.05) is 0 Å². The van der Waals surface area contributed by atoms with Gasteiger partial charge >= 0.3 is 0 Å². The molecule has 0 spiro atoms. The highest BCUT2D eigenvalue weighted by Crippen LogP contribution is 2.33. The number of benzene rings is 2. The van der Waals surface area contributed by atoms with Crippen molar-refractivity contribution in [2.24, 2.45) is 0 Å². The molecule has 1 heterocycles. The fourth-order valence-corrected chi connectivity index (χ4v) is 2.92. The number of nitrogens with zero attached hydrogens (tertiary/aromatic N) is 1. The summed E-state index contributed by atoms with van der Waals surface area (Å²) in [6, 6.07) is 17.7. The zero-order valence-corrected chi connectivity index (χ0v) is 15.0. The van der Waals surface area contributed by atoms with Gasteiger partial charge in [-0.3, -0.25) is 0 Å². The Hall–Kier alpha value is -2.38. The number of likely N-dealkylation sites (N-methyl/N-ethyl adjacent to an activating group) is 1. The Morgan fingerprint density at radius 2 is 1.62 bits per heavy atom. The van der Waals surface area contributed by atoms with Crippen LogP contribution in [0, 0.1) is 6.92 Å². The van der Waals surface area contributed by atoms with Gasteiger partial charge in [0.2, 0.25) is 0 Å². The molecule has 0 aromatic heterocycles. The Morgan fingerprint density at radius 1 is 1.00 bits per heavy atom. The summed E-state index contributed by atoms with van der Waals surface area (Å²) >= 11 is 0. The minimum absolute atomic E-state index is 0.514. The Morgan fingerprint density at radius 3 is 2.21 bits per heavy atom. The summed E-state index contributed by atoms with van der Waals surface area (Å²) in [5, 5.41) is 0. The van der Waals surface area contributed by atoms with Gasteiger partial charge in [0.05, 0.1) is 0 Å². The lowest BCUT2D eigenvalue weighted by atomic mass is 9.84. The molecule has 0 amide bonds. The number of fused-ring (bicyclic) bond motifs is 1. The molecule has 0 N–H and O–H groups in total. The van der Waals surface area contributed by atoms with Gasteiger partial charge < -0.3 is 4.90 Å². The second kappa shape index (κ2) is 10.4. The number of hydrogen-bond acceptors (Lipinski definition) is 1. The highest BCUT2D eigenvalue weighted by molar-refractivity contribution is 5.42. The molecular formula is C23H29N. The number of rotatable bonds is 2. The second-order valence-electron chi connectivity index (χ2n) is 5.83. The van der Waals surface area contributed by atoms with Crippen molar-refractivity contribution in [1.29, 1.82) is 0 Å². The molecule has 2 aromatic rings. The van der Waals surface area contributed by atoms with Crippen molar-refractivity contribution in [1.82, 2.24) is 4.90 Å². The van der Waals surface area contributed by atoms with Crippen LogP contribution in [0.5, 0.6) is 0 Å². The van der Waals surface area contributed by atoms with Crippen molar-refractivity contribution in [3.63, 3.8) is 0 Å². The van der Waals surface area contributed by atoms with E-state index in [0.717, 1.165) is 13.1 Å². The van der Waals surface area contributed by atoms with Gasteiger partial charge in [-0.05, 0) is 30.7 Å². The maximum absolute atomic E-state index is 3.36. The van der Waals surface area contributed by atoms with E-state index in [1.165, 1.54) is 22.3 Å². The highest BCUT2D eigenvalue weighted by atomic mass is 15.1. The lowest BCUT2D eigenvalue weighted by molar-refractivity contribution is 0.295. The molecule has 1 heteroatoms. The number of hydrogen-bond donors (Lipinski definition) is 0. The van der Waals surface area contributed by atoms with Crippen molar-refractivity contribution in [3.05, 3.63) is 109 Å². The molecule has 0 aliphatic carbocycles. The summed E-state index contributed by atoms with van der Waals surface area (Å²) in [6.45, 7) is 17.1. The lowest BCUT2D eigenvalue weighted by Gasteiger charge is -2.33. The van der Waals surface area contributed by atoms with Crippen molar-refractivity contribution < 1.29 is 0 Å². The maximum atomic E-state index is 3.36. The molecule has 0 saturated carbocycles. The normalized spacial score (nSPS) is 15.7. The Labute approximate surface area is 147 Å². The van der Waals surface area contributed by atoms with E-state index < -0.39 is 0 Å². The smallest absolute Gasteiger partial charge is 0.0234 e. The molecule has 0 fully saturated rings. The molecule has 0 bridgehead atoms. The van der Waals surface area contributed by atoms with Crippen LogP contribution in [0.15, 0.2) is 87.0 Å². The number of aryl methyl sites for hydroxylation is 1. The summed E-state index contributed by atoms with van der Waals surface area (Å²) < 4.78 is 0.